The van der Waals surface area contributed by atoms with E-state index in [1.807, 2.05) is 13.8 Å². The van der Waals surface area contributed by atoms with E-state index in [2.05, 4.69) is 4.37 Å². The van der Waals surface area contributed by atoms with Gasteiger partial charge in [0.15, 0.2) is 5.76 Å². The van der Waals surface area contributed by atoms with Crippen LogP contribution in [0.2, 0.25) is 0 Å². The Hall–Kier alpha value is -2.15. The van der Waals surface area contributed by atoms with E-state index in [9.17, 15) is 9.59 Å². The van der Waals surface area contributed by atoms with Crippen LogP contribution in [0.25, 0.3) is 0 Å². The maximum atomic E-state index is 12.6. The number of rotatable bonds is 2. The molecule has 0 radical (unpaired) electrons. The van der Waals surface area contributed by atoms with E-state index in [1.165, 1.54) is 17.8 Å². The van der Waals surface area contributed by atoms with E-state index in [1.54, 1.807) is 21.9 Å². The smallest absolute Gasteiger partial charge is 0.289 e. The largest absolute Gasteiger partial charge is 0.459 e. The standard InChI is InChI=1S/C15H17N3O3S/c1-10-13(11(2)22-16-10)15(20)18-7-5-17(6-8-18)14(19)12-4-3-9-21-12/h3-4,9H,5-8H2,1-2H3. The molecular formula is C15H17N3O3S. The summed E-state index contributed by atoms with van der Waals surface area (Å²) < 4.78 is 9.36. The van der Waals surface area contributed by atoms with Crippen molar-refractivity contribution in [2.45, 2.75) is 13.8 Å². The molecule has 0 bridgehead atoms. The molecular weight excluding hydrogens is 302 g/mol. The Labute approximate surface area is 132 Å². The number of piperazine rings is 1. The monoisotopic (exact) mass is 319 g/mol. The molecule has 0 aliphatic carbocycles. The van der Waals surface area contributed by atoms with Crippen molar-refractivity contribution in [3.8, 4) is 0 Å². The molecule has 0 N–H and O–H groups in total. The number of furan rings is 1. The lowest BCUT2D eigenvalue weighted by Gasteiger charge is -2.34. The maximum Gasteiger partial charge on any atom is 0.289 e. The number of aromatic nitrogens is 1. The maximum absolute atomic E-state index is 12.6. The number of carbonyl (C=O) groups is 2. The van der Waals surface area contributed by atoms with Gasteiger partial charge in [0.2, 0.25) is 0 Å². The van der Waals surface area contributed by atoms with Crippen molar-refractivity contribution in [2.75, 3.05) is 26.2 Å². The van der Waals surface area contributed by atoms with Crippen molar-refractivity contribution < 1.29 is 14.0 Å². The van der Waals surface area contributed by atoms with E-state index >= 15 is 0 Å². The van der Waals surface area contributed by atoms with Crippen molar-refractivity contribution in [1.29, 1.82) is 0 Å². The van der Waals surface area contributed by atoms with Crippen LogP contribution in [0.4, 0.5) is 0 Å². The molecule has 0 aromatic carbocycles. The van der Waals surface area contributed by atoms with Gasteiger partial charge in [-0.05, 0) is 37.5 Å². The summed E-state index contributed by atoms with van der Waals surface area (Å²) >= 11 is 1.35. The molecule has 0 atom stereocenters. The molecule has 2 aromatic rings. The predicted molar refractivity (Wildman–Crippen MR) is 82.1 cm³/mol. The van der Waals surface area contributed by atoms with E-state index in [0.717, 1.165) is 10.6 Å². The third-order valence-corrected chi connectivity index (χ3v) is 4.68. The molecule has 1 aliphatic rings. The van der Waals surface area contributed by atoms with Crippen LogP contribution in [0.3, 0.4) is 0 Å². The normalized spacial score (nSPS) is 15.2. The van der Waals surface area contributed by atoms with Gasteiger partial charge >= 0.3 is 0 Å². The molecule has 116 valence electrons. The van der Waals surface area contributed by atoms with Gasteiger partial charge < -0.3 is 14.2 Å². The molecule has 6 nitrogen and oxygen atoms in total. The van der Waals surface area contributed by atoms with Gasteiger partial charge in [-0.3, -0.25) is 9.59 Å². The van der Waals surface area contributed by atoms with Crippen LogP contribution in [-0.2, 0) is 0 Å². The van der Waals surface area contributed by atoms with Crippen LogP contribution in [-0.4, -0.2) is 52.2 Å². The SMILES string of the molecule is Cc1nsc(C)c1C(=O)N1CCN(C(=O)c2ccco2)CC1. The van der Waals surface area contributed by atoms with Crippen molar-refractivity contribution in [3.05, 3.63) is 40.3 Å². The fraction of sp³-hybridized carbons (Fsp3) is 0.400. The molecule has 1 saturated heterocycles. The van der Waals surface area contributed by atoms with Crippen LogP contribution in [0.15, 0.2) is 22.8 Å². The van der Waals surface area contributed by atoms with Gasteiger partial charge in [-0.25, -0.2) is 0 Å². The highest BCUT2D eigenvalue weighted by Gasteiger charge is 2.28. The van der Waals surface area contributed by atoms with Crippen LogP contribution in [0.5, 0.6) is 0 Å². The Morgan fingerprint density at radius 2 is 1.77 bits per heavy atom. The molecule has 22 heavy (non-hydrogen) atoms. The molecule has 3 heterocycles. The fourth-order valence-corrected chi connectivity index (χ4v) is 3.31. The first-order chi connectivity index (χ1) is 10.6. The Morgan fingerprint density at radius 1 is 1.14 bits per heavy atom. The molecule has 2 aromatic heterocycles. The second-order valence-corrected chi connectivity index (χ2v) is 6.24. The zero-order valence-corrected chi connectivity index (χ0v) is 13.4. The molecule has 3 rings (SSSR count). The quantitative estimate of drug-likeness (QED) is 0.848. The molecule has 0 spiro atoms. The van der Waals surface area contributed by atoms with Crippen molar-refractivity contribution >= 4 is 23.3 Å². The second-order valence-electron chi connectivity index (χ2n) is 5.26. The highest BCUT2D eigenvalue weighted by Crippen LogP contribution is 2.20. The number of aryl methyl sites for hydroxylation is 2. The van der Waals surface area contributed by atoms with Crippen molar-refractivity contribution in [2.24, 2.45) is 0 Å². The lowest BCUT2D eigenvalue weighted by Crippen LogP contribution is -2.50. The summed E-state index contributed by atoms with van der Waals surface area (Å²) in [5.41, 5.74) is 1.48. The average molecular weight is 319 g/mol. The predicted octanol–water partition coefficient (Wildman–Crippen LogP) is 1.95. The van der Waals surface area contributed by atoms with E-state index in [0.29, 0.717) is 37.5 Å². The summed E-state index contributed by atoms with van der Waals surface area (Å²) in [6.07, 6.45) is 1.49. The van der Waals surface area contributed by atoms with Gasteiger partial charge in [-0.2, -0.15) is 4.37 Å². The third-order valence-electron chi connectivity index (χ3n) is 3.83. The minimum Gasteiger partial charge on any atom is -0.459 e. The number of hydrogen-bond donors (Lipinski definition) is 0. The fourth-order valence-electron chi connectivity index (χ4n) is 2.62. The Morgan fingerprint density at radius 3 is 2.27 bits per heavy atom. The minimum atomic E-state index is -0.123. The van der Waals surface area contributed by atoms with Gasteiger partial charge in [0.1, 0.15) is 0 Å². The van der Waals surface area contributed by atoms with E-state index < -0.39 is 0 Å². The Balaban J connectivity index is 1.65. The van der Waals surface area contributed by atoms with Crippen molar-refractivity contribution in [1.82, 2.24) is 14.2 Å². The minimum absolute atomic E-state index is 0.00819. The highest BCUT2D eigenvalue weighted by molar-refractivity contribution is 7.06. The van der Waals surface area contributed by atoms with Crippen LogP contribution in [0, 0.1) is 13.8 Å². The number of carbonyl (C=O) groups excluding carboxylic acids is 2. The van der Waals surface area contributed by atoms with E-state index in [-0.39, 0.29) is 11.8 Å². The number of nitrogens with zero attached hydrogens (tertiary/aromatic N) is 3. The van der Waals surface area contributed by atoms with Crippen LogP contribution < -0.4 is 0 Å². The van der Waals surface area contributed by atoms with E-state index in [4.69, 9.17) is 4.42 Å². The van der Waals surface area contributed by atoms with Gasteiger partial charge in [0, 0.05) is 31.1 Å². The third kappa shape index (κ3) is 2.64. The van der Waals surface area contributed by atoms with Gasteiger partial charge in [0.25, 0.3) is 11.8 Å². The summed E-state index contributed by atoms with van der Waals surface area (Å²) in [5, 5.41) is 0. The average Bonchev–Trinajstić information content (AvgIpc) is 3.17. The Kier molecular flexibility index (Phi) is 3.98. The summed E-state index contributed by atoms with van der Waals surface area (Å²) in [6.45, 7) is 5.85. The lowest BCUT2D eigenvalue weighted by atomic mass is 10.1. The summed E-state index contributed by atoms with van der Waals surface area (Å²) in [7, 11) is 0. The first-order valence-electron chi connectivity index (χ1n) is 7.13. The molecule has 0 unspecified atom stereocenters. The first kappa shape index (κ1) is 14.8. The van der Waals surface area contributed by atoms with Crippen LogP contribution in [0.1, 0.15) is 31.5 Å². The molecule has 0 saturated carbocycles. The summed E-state index contributed by atoms with van der Waals surface area (Å²) in [5.74, 6) is 0.226. The summed E-state index contributed by atoms with van der Waals surface area (Å²) in [4.78, 5) is 29.2. The first-order valence-corrected chi connectivity index (χ1v) is 7.90. The lowest BCUT2D eigenvalue weighted by molar-refractivity contribution is 0.0517. The van der Waals surface area contributed by atoms with Gasteiger partial charge in [-0.15, -0.1) is 0 Å². The zero-order valence-electron chi connectivity index (χ0n) is 12.5. The Bertz CT molecular complexity index is 665. The topological polar surface area (TPSA) is 66.7 Å². The van der Waals surface area contributed by atoms with Crippen molar-refractivity contribution in [3.63, 3.8) is 0 Å². The molecule has 1 aliphatic heterocycles. The zero-order chi connectivity index (χ0) is 15.7. The summed E-state index contributed by atoms with van der Waals surface area (Å²) in [6, 6.07) is 3.35. The van der Waals surface area contributed by atoms with Gasteiger partial charge in [-0.1, -0.05) is 0 Å². The second kappa shape index (κ2) is 5.92. The highest BCUT2D eigenvalue weighted by atomic mass is 32.1. The molecule has 7 heteroatoms. The van der Waals surface area contributed by atoms with Crippen LogP contribution >= 0.6 is 11.5 Å². The molecule has 1 fully saturated rings. The van der Waals surface area contributed by atoms with Gasteiger partial charge in [0.05, 0.1) is 17.5 Å². The molecule has 2 amide bonds. The number of hydrogen-bond acceptors (Lipinski definition) is 5. The number of amides is 2.